The van der Waals surface area contributed by atoms with Crippen molar-refractivity contribution < 1.29 is 27.4 Å². The molecular formula is C17H22BrF3N2O3. The minimum atomic E-state index is -4.74. The third-order valence-electron chi connectivity index (χ3n) is 3.64. The predicted molar refractivity (Wildman–Crippen MR) is 93.9 cm³/mol. The van der Waals surface area contributed by atoms with Crippen molar-refractivity contribution in [1.82, 2.24) is 10.2 Å². The van der Waals surface area contributed by atoms with Crippen molar-refractivity contribution in [1.29, 1.82) is 0 Å². The van der Waals surface area contributed by atoms with Crippen LogP contribution in [0.2, 0.25) is 0 Å². The molecule has 0 aromatic heterocycles. The maximum atomic E-state index is 12.6. The summed E-state index contributed by atoms with van der Waals surface area (Å²) in [6.07, 6.45) is -4.54. The van der Waals surface area contributed by atoms with Crippen LogP contribution < -0.4 is 10.1 Å². The van der Waals surface area contributed by atoms with Crippen molar-refractivity contribution in [3.8, 4) is 5.75 Å². The van der Waals surface area contributed by atoms with Crippen LogP contribution in [0.5, 0.6) is 5.75 Å². The third kappa shape index (κ3) is 7.03. The number of alkyl carbamates (subject to hydrolysis) is 1. The average Bonchev–Trinajstić information content (AvgIpc) is 2.85. The van der Waals surface area contributed by atoms with Gasteiger partial charge in [-0.1, -0.05) is 15.9 Å². The number of benzene rings is 1. The van der Waals surface area contributed by atoms with E-state index in [0.717, 1.165) is 0 Å². The molecule has 0 aliphatic carbocycles. The number of nitrogens with one attached hydrogen (secondary N) is 1. The molecule has 1 aliphatic rings. The highest BCUT2D eigenvalue weighted by atomic mass is 79.9. The molecule has 1 aliphatic heterocycles. The molecule has 1 atom stereocenters. The number of carbonyl (C=O) groups excluding carboxylic acids is 1. The van der Waals surface area contributed by atoms with Gasteiger partial charge in [0.25, 0.3) is 0 Å². The molecule has 1 N–H and O–H groups in total. The second kappa shape index (κ2) is 8.04. The molecule has 1 aromatic rings. The van der Waals surface area contributed by atoms with Crippen LogP contribution >= 0.6 is 15.9 Å². The van der Waals surface area contributed by atoms with Gasteiger partial charge in [0, 0.05) is 35.7 Å². The summed E-state index contributed by atoms with van der Waals surface area (Å²) < 4.78 is 47.7. The van der Waals surface area contributed by atoms with Crippen molar-refractivity contribution in [2.75, 3.05) is 13.1 Å². The van der Waals surface area contributed by atoms with Crippen molar-refractivity contribution in [2.45, 2.75) is 51.7 Å². The number of rotatable bonds is 4. The summed E-state index contributed by atoms with van der Waals surface area (Å²) in [5.41, 5.74) is -0.155. The van der Waals surface area contributed by atoms with E-state index in [0.29, 0.717) is 29.5 Å². The number of amides is 1. The van der Waals surface area contributed by atoms with Gasteiger partial charge < -0.3 is 14.8 Å². The fourth-order valence-electron chi connectivity index (χ4n) is 2.71. The normalized spacial score (nSPS) is 18.7. The Hall–Kier alpha value is -1.48. The molecule has 0 saturated carbocycles. The van der Waals surface area contributed by atoms with Gasteiger partial charge in [0.05, 0.1) is 0 Å². The lowest BCUT2D eigenvalue weighted by atomic mass is 10.2. The van der Waals surface area contributed by atoms with Crippen LogP contribution in [0.4, 0.5) is 18.0 Å². The summed E-state index contributed by atoms with van der Waals surface area (Å²) in [6, 6.07) is 4.29. The largest absolute Gasteiger partial charge is 0.573 e. The van der Waals surface area contributed by atoms with Crippen LogP contribution in [0.3, 0.4) is 0 Å². The third-order valence-corrected chi connectivity index (χ3v) is 4.13. The number of ether oxygens (including phenoxy) is 2. The van der Waals surface area contributed by atoms with Gasteiger partial charge in [-0.3, -0.25) is 4.90 Å². The number of hydrogen-bond donors (Lipinski definition) is 1. The highest BCUT2D eigenvalue weighted by Crippen LogP contribution is 2.30. The second-order valence-corrected chi connectivity index (χ2v) is 8.08. The summed E-state index contributed by atoms with van der Waals surface area (Å²) in [5.74, 6) is -0.218. The molecule has 2 rings (SSSR count). The standard InChI is InChI=1S/C17H22BrF3N2O3/c1-16(2,3)26-15(24)22-13-6-7-23(10-13)9-11-8-12(18)4-5-14(11)25-17(19,20)21/h4-5,8,13H,6-7,9-10H2,1-3H3,(H,22,24)/t13-/m0/s1. The van der Waals surface area contributed by atoms with Crippen molar-refractivity contribution in [3.05, 3.63) is 28.2 Å². The van der Waals surface area contributed by atoms with Crippen LogP contribution in [0.15, 0.2) is 22.7 Å². The Morgan fingerprint density at radius 1 is 1.35 bits per heavy atom. The first-order valence-electron chi connectivity index (χ1n) is 8.17. The molecule has 1 heterocycles. The number of hydrogen-bond acceptors (Lipinski definition) is 4. The fourth-order valence-corrected chi connectivity index (χ4v) is 3.11. The van der Waals surface area contributed by atoms with Gasteiger partial charge in [0.15, 0.2) is 0 Å². The smallest absolute Gasteiger partial charge is 0.444 e. The molecule has 1 fully saturated rings. The summed E-state index contributed by atoms with van der Waals surface area (Å²) in [5, 5.41) is 2.79. The summed E-state index contributed by atoms with van der Waals surface area (Å²) in [7, 11) is 0. The summed E-state index contributed by atoms with van der Waals surface area (Å²) in [6.45, 7) is 6.81. The monoisotopic (exact) mass is 438 g/mol. The van der Waals surface area contributed by atoms with Gasteiger partial charge in [-0.15, -0.1) is 13.2 Å². The van der Waals surface area contributed by atoms with E-state index in [2.05, 4.69) is 26.0 Å². The lowest BCUT2D eigenvalue weighted by molar-refractivity contribution is -0.275. The highest BCUT2D eigenvalue weighted by molar-refractivity contribution is 9.10. The summed E-state index contributed by atoms with van der Waals surface area (Å²) >= 11 is 3.27. The van der Waals surface area contributed by atoms with Gasteiger partial charge in [-0.2, -0.15) is 0 Å². The highest BCUT2D eigenvalue weighted by Gasteiger charge is 2.33. The Bertz CT molecular complexity index is 647. The van der Waals surface area contributed by atoms with Gasteiger partial charge in [0.2, 0.25) is 0 Å². The van der Waals surface area contributed by atoms with Crippen molar-refractivity contribution in [3.63, 3.8) is 0 Å². The van der Waals surface area contributed by atoms with E-state index in [-0.39, 0.29) is 18.3 Å². The van der Waals surface area contributed by atoms with Crippen LogP contribution in [0, 0.1) is 0 Å². The molecule has 1 saturated heterocycles. The van der Waals surface area contributed by atoms with E-state index in [4.69, 9.17) is 4.74 Å². The molecule has 146 valence electrons. The number of carbonyl (C=O) groups is 1. The molecule has 9 heteroatoms. The average molecular weight is 439 g/mol. The molecule has 0 spiro atoms. The maximum Gasteiger partial charge on any atom is 0.573 e. The number of likely N-dealkylation sites (tertiary alicyclic amines) is 1. The van der Waals surface area contributed by atoms with Gasteiger partial charge in [0.1, 0.15) is 11.4 Å². The molecule has 0 bridgehead atoms. The fraction of sp³-hybridized carbons (Fsp3) is 0.588. The molecule has 1 amide bonds. The Labute approximate surface area is 159 Å². The Morgan fingerprint density at radius 3 is 2.65 bits per heavy atom. The Kier molecular flexibility index (Phi) is 6.44. The first kappa shape index (κ1) is 20.8. The van der Waals surface area contributed by atoms with Crippen molar-refractivity contribution in [2.24, 2.45) is 0 Å². The summed E-state index contributed by atoms with van der Waals surface area (Å²) in [4.78, 5) is 13.8. The van der Waals surface area contributed by atoms with E-state index in [1.54, 1.807) is 26.8 Å². The van der Waals surface area contributed by atoms with E-state index in [1.165, 1.54) is 12.1 Å². The lowest BCUT2D eigenvalue weighted by Crippen LogP contribution is -2.40. The minimum absolute atomic E-state index is 0.107. The van der Waals surface area contributed by atoms with Crippen molar-refractivity contribution >= 4 is 22.0 Å². The topological polar surface area (TPSA) is 50.8 Å². The SMILES string of the molecule is CC(C)(C)OC(=O)N[C@H]1CCN(Cc2cc(Br)ccc2OC(F)(F)F)C1. The maximum absolute atomic E-state index is 12.6. The molecule has 1 aromatic carbocycles. The Balaban J connectivity index is 1.96. The molecular weight excluding hydrogens is 417 g/mol. The lowest BCUT2D eigenvalue weighted by Gasteiger charge is -2.22. The quantitative estimate of drug-likeness (QED) is 0.754. The Morgan fingerprint density at radius 2 is 2.04 bits per heavy atom. The van der Waals surface area contributed by atoms with E-state index >= 15 is 0 Å². The minimum Gasteiger partial charge on any atom is -0.444 e. The van der Waals surface area contributed by atoms with Gasteiger partial charge in [-0.25, -0.2) is 4.79 Å². The molecule has 0 unspecified atom stereocenters. The van der Waals surface area contributed by atoms with Crippen LogP contribution in [0.25, 0.3) is 0 Å². The molecule has 0 radical (unpaired) electrons. The molecule has 5 nitrogen and oxygen atoms in total. The van der Waals surface area contributed by atoms with Gasteiger partial charge in [-0.05, 0) is 45.4 Å². The number of nitrogens with zero attached hydrogens (tertiary/aromatic N) is 1. The van der Waals surface area contributed by atoms with Crippen LogP contribution in [-0.2, 0) is 11.3 Å². The molecule has 26 heavy (non-hydrogen) atoms. The van der Waals surface area contributed by atoms with Gasteiger partial charge >= 0.3 is 12.5 Å². The zero-order valence-electron chi connectivity index (χ0n) is 14.8. The number of alkyl halides is 3. The number of halogens is 4. The zero-order chi connectivity index (χ0) is 19.5. The van der Waals surface area contributed by atoms with E-state index in [1.807, 2.05) is 4.90 Å². The second-order valence-electron chi connectivity index (χ2n) is 7.17. The van der Waals surface area contributed by atoms with E-state index in [9.17, 15) is 18.0 Å². The zero-order valence-corrected chi connectivity index (χ0v) is 16.4. The predicted octanol–water partition coefficient (Wildman–Crippen LogP) is 4.45. The first-order valence-corrected chi connectivity index (χ1v) is 8.96. The first-order chi connectivity index (χ1) is 11.9. The van der Waals surface area contributed by atoms with Crippen LogP contribution in [-0.4, -0.2) is 42.1 Å². The van der Waals surface area contributed by atoms with E-state index < -0.39 is 18.1 Å². The van der Waals surface area contributed by atoms with Crippen LogP contribution in [0.1, 0.15) is 32.8 Å².